The number of nitrogens with two attached hydrogens (primary N) is 1. The molecule has 0 aliphatic heterocycles. The highest BCUT2D eigenvalue weighted by atomic mass is 32.2. The van der Waals surface area contributed by atoms with Crippen molar-refractivity contribution >= 4 is 32.1 Å². The molecule has 0 atom stereocenters. The van der Waals surface area contributed by atoms with Gasteiger partial charge in [-0.1, -0.05) is 30.3 Å². The van der Waals surface area contributed by atoms with Crippen LogP contribution in [0.3, 0.4) is 0 Å². The van der Waals surface area contributed by atoms with E-state index in [1.54, 1.807) is 12.1 Å². The molecule has 0 fully saturated rings. The van der Waals surface area contributed by atoms with Crippen LogP contribution in [-0.4, -0.2) is 26.6 Å². The summed E-state index contributed by atoms with van der Waals surface area (Å²) < 4.78 is 31.3. The molecule has 27 heavy (non-hydrogen) atoms. The average molecular weight is 403 g/mol. The molecule has 0 saturated carbocycles. The number of sulfone groups is 1. The second-order valence-electron chi connectivity index (χ2n) is 5.75. The standard InChI is InChI=1S/C19H17NO5S2/c1-25-13-7-9-14(10-8-13)27(23,24)19-15(11-12-5-3-2-4-6-12)16(18(21)22)17(20)26-19/h2-10H,11,20H2,1H3,(H,21,22). The molecule has 8 heteroatoms. The van der Waals surface area contributed by atoms with E-state index in [0.29, 0.717) is 5.75 Å². The summed E-state index contributed by atoms with van der Waals surface area (Å²) in [5.74, 6) is -0.721. The summed E-state index contributed by atoms with van der Waals surface area (Å²) in [6.07, 6.45) is 0.154. The number of rotatable bonds is 6. The molecule has 6 nitrogen and oxygen atoms in total. The molecule has 1 heterocycles. The number of hydrogen-bond donors (Lipinski definition) is 2. The van der Waals surface area contributed by atoms with Crippen LogP contribution < -0.4 is 10.5 Å². The van der Waals surface area contributed by atoms with Crippen LogP contribution in [0.4, 0.5) is 5.00 Å². The average Bonchev–Trinajstić information content (AvgIpc) is 2.99. The maximum Gasteiger partial charge on any atom is 0.339 e. The molecule has 140 valence electrons. The molecule has 2 aromatic carbocycles. The number of thiophene rings is 1. The molecule has 0 radical (unpaired) electrons. The Labute approximate surface area is 160 Å². The minimum absolute atomic E-state index is 0.0273. The maximum absolute atomic E-state index is 13.2. The van der Waals surface area contributed by atoms with E-state index in [2.05, 4.69) is 0 Å². The Kier molecular flexibility index (Phi) is 5.20. The van der Waals surface area contributed by atoms with Crippen molar-refractivity contribution in [3.05, 3.63) is 71.3 Å². The van der Waals surface area contributed by atoms with Gasteiger partial charge in [0, 0.05) is 12.0 Å². The molecule has 0 unspecified atom stereocenters. The first-order chi connectivity index (χ1) is 12.8. The van der Waals surface area contributed by atoms with Crippen molar-refractivity contribution in [1.82, 2.24) is 0 Å². The van der Waals surface area contributed by atoms with E-state index in [1.165, 1.54) is 19.2 Å². The van der Waals surface area contributed by atoms with E-state index in [0.717, 1.165) is 16.9 Å². The van der Waals surface area contributed by atoms with Crippen molar-refractivity contribution in [2.24, 2.45) is 0 Å². The highest BCUT2D eigenvalue weighted by Crippen LogP contribution is 2.39. The molecule has 3 N–H and O–H groups in total. The molecule has 3 rings (SSSR count). The van der Waals surface area contributed by atoms with Crippen LogP contribution in [0.25, 0.3) is 0 Å². The van der Waals surface area contributed by atoms with Gasteiger partial charge in [0.25, 0.3) is 0 Å². The molecular weight excluding hydrogens is 386 g/mol. The van der Waals surface area contributed by atoms with Crippen molar-refractivity contribution in [3.8, 4) is 5.75 Å². The third kappa shape index (κ3) is 3.67. The lowest BCUT2D eigenvalue weighted by Crippen LogP contribution is -2.08. The van der Waals surface area contributed by atoms with Crippen LogP contribution in [0.15, 0.2) is 63.7 Å². The third-order valence-electron chi connectivity index (χ3n) is 4.05. The number of ether oxygens (including phenoxy) is 1. The normalized spacial score (nSPS) is 11.3. The van der Waals surface area contributed by atoms with Gasteiger partial charge in [0.1, 0.15) is 15.0 Å². The Morgan fingerprint density at radius 3 is 2.30 bits per heavy atom. The van der Waals surface area contributed by atoms with E-state index in [4.69, 9.17) is 10.5 Å². The fourth-order valence-corrected chi connectivity index (χ4v) is 5.75. The molecule has 0 saturated heterocycles. The van der Waals surface area contributed by atoms with Gasteiger partial charge in [-0.05, 0) is 29.8 Å². The van der Waals surface area contributed by atoms with Gasteiger partial charge in [-0.2, -0.15) is 0 Å². The van der Waals surface area contributed by atoms with E-state index in [9.17, 15) is 18.3 Å². The fourth-order valence-electron chi connectivity index (χ4n) is 2.74. The van der Waals surface area contributed by atoms with Crippen molar-refractivity contribution < 1.29 is 23.1 Å². The second-order valence-corrected chi connectivity index (χ2v) is 8.95. The number of hydrogen-bond acceptors (Lipinski definition) is 6. The van der Waals surface area contributed by atoms with Gasteiger partial charge in [0.05, 0.1) is 17.6 Å². The Balaban J connectivity index is 2.16. The van der Waals surface area contributed by atoms with E-state index >= 15 is 0 Å². The topological polar surface area (TPSA) is 107 Å². The predicted molar refractivity (Wildman–Crippen MR) is 103 cm³/mol. The molecular formula is C19H17NO5S2. The molecule has 3 aromatic rings. The number of carboxylic acids is 1. The zero-order valence-electron chi connectivity index (χ0n) is 14.4. The first-order valence-electron chi connectivity index (χ1n) is 7.92. The van der Waals surface area contributed by atoms with Crippen LogP contribution in [0, 0.1) is 0 Å². The van der Waals surface area contributed by atoms with Gasteiger partial charge in [-0.25, -0.2) is 13.2 Å². The largest absolute Gasteiger partial charge is 0.497 e. The third-order valence-corrected chi connectivity index (χ3v) is 7.44. The van der Waals surface area contributed by atoms with Crippen LogP contribution in [0.5, 0.6) is 5.75 Å². The summed E-state index contributed by atoms with van der Waals surface area (Å²) >= 11 is 0.778. The van der Waals surface area contributed by atoms with Gasteiger partial charge in [-0.3, -0.25) is 0 Å². The van der Waals surface area contributed by atoms with Crippen LogP contribution >= 0.6 is 11.3 Å². The summed E-state index contributed by atoms with van der Waals surface area (Å²) in [6, 6.07) is 15.0. The number of carbonyl (C=O) groups is 1. The number of anilines is 1. The Morgan fingerprint density at radius 2 is 1.74 bits per heavy atom. The summed E-state index contributed by atoms with van der Waals surface area (Å²) in [7, 11) is -2.44. The van der Waals surface area contributed by atoms with Crippen LogP contribution in [0.2, 0.25) is 0 Å². The monoisotopic (exact) mass is 403 g/mol. The number of nitrogen functional groups attached to an aromatic ring is 1. The number of carboxylic acid groups (broad SMARTS) is 1. The Bertz CT molecular complexity index is 1070. The minimum Gasteiger partial charge on any atom is -0.497 e. The lowest BCUT2D eigenvalue weighted by atomic mass is 10.0. The SMILES string of the molecule is COc1ccc(S(=O)(=O)c2sc(N)c(C(=O)O)c2Cc2ccccc2)cc1. The lowest BCUT2D eigenvalue weighted by molar-refractivity contribution is 0.0697. The highest BCUT2D eigenvalue weighted by Gasteiger charge is 2.30. The van der Waals surface area contributed by atoms with Gasteiger partial charge in [-0.15, -0.1) is 11.3 Å². The minimum atomic E-state index is -3.93. The molecule has 0 amide bonds. The molecule has 1 aromatic heterocycles. The van der Waals surface area contributed by atoms with Gasteiger partial charge in [0.2, 0.25) is 9.84 Å². The summed E-state index contributed by atoms with van der Waals surface area (Å²) in [6.45, 7) is 0. The summed E-state index contributed by atoms with van der Waals surface area (Å²) in [5.41, 5.74) is 6.71. The summed E-state index contributed by atoms with van der Waals surface area (Å²) in [5, 5.41) is 9.53. The van der Waals surface area contributed by atoms with Crippen molar-refractivity contribution in [3.63, 3.8) is 0 Å². The van der Waals surface area contributed by atoms with Gasteiger partial charge >= 0.3 is 5.97 Å². The molecule has 0 aliphatic carbocycles. The van der Waals surface area contributed by atoms with Crippen molar-refractivity contribution in [2.75, 3.05) is 12.8 Å². The Hall–Kier alpha value is -2.84. The first kappa shape index (κ1) is 18.9. The highest BCUT2D eigenvalue weighted by molar-refractivity contribution is 7.93. The van der Waals surface area contributed by atoms with E-state index in [1.807, 2.05) is 30.3 Å². The number of methoxy groups -OCH3 is 1. The smallest absolute Gasteiger partial charge is 0.339 e. The quantitative estimate of drug-likeness (QED) is 0.653. The zero-order valence-corrected chi connectivity index (χ0v) is 16.0. The fraction of sp³-hybridized carbons (Fsp3) is 0.105. The van der Waals surface area contributed by atoms with Crippen molar-refractivity contribution in [1.29, 1.82) is 0 Å². The number of benzene rings is 2. The molecule has 0 bridgehead atoms. The van der Waals surface area contributed by atoms with Crippen LogP contribution in [0.1, 0.15) is 21.5 Å². The summed E-state index contributed by atoms with van der Waals surface area (Å²) in [4.78, 5) is 11.8. The van der Waals surface area contributed by atoms with E-state index in [-0.39, 0.29) is 31.7 Å². The zero-order chi connectivity index (χ0) is 19.6. The second kappa shape index (κ2) is 7.42. The van der Waals surface area contributed by atoms with Crippen molar-refractivity contribution in [2.45, 2.75) is 15.5 Å². The van der Waals surface area contributed by atoms with Gasteiger partial charge < -0.3 is 15.6 Å². The lowest BCUT2D eigenvalue weighted by Gasteiger charge is -2.08. The first-order valence-corrected chi connectivity index (χ1v) is 10.2. The number of aromatic carboxylic acids is 1. The van der Waals surface area contributed by atoms with Gasteiger partial charge in [0.15, 0.2) is 0 Å². The predicted octanol–water partition coefficient (Wildman–Crippen LogP) is 3.46. The maximum atomic E-state index is 13.2. The van der Waals surface area contributed by atoms with E-state index < -0.39 is 15.8 Å². The molecule has 0 spiro atoms. The Morgan fingerprint density at radius 1 is 1.11 bits per heavy atom. The molecule has 0 aliphatic rings. The van der Waals surface area contributed by atoms with Crippen LogP contribution in [-0.2, 0) is 16.3 Å².